The first-order chi connectivity index (χ1) is 9.24. The van der Waals surface area contributed by atoms with Crippen molar-refractivity contribution in [3.63, 3.8) is 0 Å². The predicted octanol–water partition coefficient (Wildman–Crippen LogP) is -0.389. The Morgan fingerprint density at radius 2 is 2.11 bits per heavy atom. The van der Waals surface area contributed by atoms with Crippen molar-refractivity contribution >= 4 is 0 Å². The van der Waals surface area contributed by atoms with Crippen LogP contribution in [0.4, 0.5) is 0 Å². The van der Waals surface area contributed by atoms with Gasteiger partial charge in [0.15, 0.2) is 0 Å². The third kappa shape index (κ3) is 6.68. The molecule has 112 valence electrons. The summed E-state index contributed by atoms with van der Waals surface area (Å²) in [6, 6.07) is 0. The SMILES string of the molecule is CN(CCOCC1CC1)CC(O)CN1CCNCC1. The van der Waals surface area contributed by atoms with Crippen molar-refractivity contribution in [2.45, 2.75) is 18.9 Å². The van der Waals surface area contributed by atoms with Crippen LogP contribution < -0.4 is 5.32 Å². The number of aliphatic hydroxyl groups excluding tert-OH is 1. The average molecular weight is 271 g/mol. The highest BCUT2D eigenvalue weighted by Gasteiger charge is 2.21. The molecule has 1 atom stereocenters. The lowest BCUT2D eigenvalue weighted by Gasteiger charge is -2.30. The summed E-state index contributed by atoms with van der Waals surface area (Å²) >= 11 is 0. The molecule has 1 saturated carbocycles. The van der Waals surface area contributed by atoms with Gasteiger partial charge in [-0.05, 0) is 25.8 Å². The van der Waals surface area contributed by atoms with Crippen molar-refractivity contribution in [3.05, 3.63) is 0 Å². The minimum absolute atomic E-state index is 0.258. The van der Waals surface area contributed by atoms with Crippen molar-refractivity contribution in [1.29, 1.82) is 0 Å². The molecule has 2 fully saturated rings. The van der Waals surface area contributed by atoms with Crippen LogP contribution in [-0.2, 0) is 4.74 Å². The zero-order chi connectivity index (χ0) is 13.5. The van der Waals surface area contributed by atoms with Gasteiger partial charge in [0.05, 0.1) is 12.7 Å². The number of hydrogen-bond acceptors (Lipinski definition) is 5. The Bertz CT molecular complexity index is 243. The van der Waals surface area contributed by atoms with Crippen molar-refractivity contribution < 1.29 is 9.84 Å². The van der Waals surface area contributed by atoms with Gasteiger partial charge in [-0.15, -0.1) is 0 Å². The Morgan fingerprint density at radius 1 is 1.37 bits per heavy atom. The molecule has 5 heteroatoms. The predicted molar refractivity (Wildman–Crippen MR) is 76.4 cm³/mol. The molecule has 0 aromatic rings. The van der Waals surface area contributed by atoms with Gasteiger partial charge in [0.25, 0.3) is 0 Å². The van der Waals surface area contributed by atoms with Crippen molar-refractivity contribution in [2.24, 2.45) is 5.92 Å². The third-order valence-electron chi connectivity index (χ3n) is 3.87. The monoisotopic (exact) mass is 271 g/mol. The summed E-state index contributed by atoms with van der Waals surface area (Å²) in [6.45, 7) is 8.31. The van der Waals surface area contributed by atoms with Crippen LogP contribution in [0.3, 0.4) is 0 Å². The molecule has 2 N–H and O–H groups in total. The van der Waals surface area contributed by atoms with E-state index < -0.39 is 0 Å². The summed E-state index contributed by atoms with van der Waals surface area (Å²) in [4.78, 5) is 4.50. The number of ether oxygens (including phenoxy) is 1. The van der Waals surface area contributed by atoms with Gasteiger partial charge >= 0.3 is 0 Å². The highest BCUT2D eigenvalue weighted by atomic mass is 16.5. The van der Waals surface area contributed by atoms with Crippen LogP contribution >= 0.6 is 0 Å². The maximum atomic E-state index is 10.1. The molecule has 2 aliphatic rings. The molecule has 5 nitrogen and oxygen atoms in total. The zero-order valence-electron chi connectivity index (χ0n) is 12.2. The second-order valence-corrected chi connectivity index (χ2v) is 5.98. The normalized spacial score (nSPS) is 22.9. The van der Waals surface area contributed by atoms with E-state index in [0.29, 0.717) is 0 Å². The average Bonchev–Trinajstić information content (AvgIpc) is 3.20. The van der Waals surface area contributed by atoms with Gasteiger partial charge in [-0.3, -0.25) is 4.90 Å². The van der Waals surface area contributed by atoms with Crippen LogP contribution in [-0.4, -0.2) is 87.1 Å². The van der Waals surface area contributed by atoms with Gasteiger partial charge < -0.3 is 20.1 Å². The van der Waals surface area contributed by atoms with E-state index >= 15 is 0 Å². The molecule has 1 unspecified atom stereocenters. The molecule has 1 aliphatic heterocycles. The minimum Gasteiger partial charge on any atom is -0.390 e. The van der Waals surface area contributed by atoms with E-state index in [9.17, 15) is 5.11 Å². The van der Waals surface area contributed by atoms with Crippen LogP contribution in [0.25, 0.3) is 0 Å². The fraction of sp³-hybridized carbons (Fsp3) is 1.00. The number of aliphatic hydroxyl groups is 1. The highest BCUT2D eigenvalue weighted by molar-refractivity contribution is 4.73. The fourth-order valence-electron chi connectivity index (χ4n) is 2.46. The third-order valence-corrected chi connectivity index (χ3v) is 3.87. The maximum absolute atomic E-state index is 10.1. The molecule has 1 heterocycles. The van der Waals surface area contributed by atoms with E-state index in [1.54, 1.807) is 0 Å². The molecule has 19 heavy (non-hydrogen) atoms. The summed E-state index contributed by atoms with van der Waals surface area (Å²) in [5.41, 5.74) is 0. The van der Waals surface area contributed by atoms with E-state index in [2.05, 4.69) is 22.2 Å². The summed E-state index contributed by atoms with van der Waals surface area (Å²) in [7, 11) is 2.06. The number of rotatable bonds is 9. The van der Waals surface area contributed by atoms with Crippen LogP contribution in [0, 0.1) is 5.92 Å². The lowest BCUT2D eigenvalue weighted by Crippen LogP contribution is -2.48. The number of β-amino-alcohol motifs (C(OH)–C–C–N with tert-alkyl or cyclic N) is 1. The first kappa shape index (κ1) is 15.2. The molecule has 1 aliphatic carbocycles. The Hall–Kier alpha value is -0.200. The van der Waals surface area contributed by atoms with E-state index in [4.69, 9.17) is 4.74 Å². The summed E-state index contributed by atoms with van der Waals surface area (Å²) in [5.74, 6) is 0.837. The van der Waals surface area contributed by atoms with Gasteiger partial charge in [-0.1, -0.05) is 0 Å². The molecule has 0 aromatic heterocycles. The summed E-state index contributed by atoms with van der Waals surface area (Å²) < 4.78 is 5.62. The first-order valence-electron chi connectivity index (χ1n) is 7.61. The smallest absolute Gasteiger partial charge is 0.0793 e. The van der Waals surface area contributed by atoms with Crippen LogP contribution in [0.15, 0.2) is 0 Å². The van der Waals surface area contributed by atoms with Crippen molar-refractivity contribution in [3.8, 4) is 0 Å². The summed E-state index contributed by atoms with van der Waals surface area (Å²) in [5, 5.41) is 13.4. The Morgan fingerprint density at radius 3 is 2.79 bits per heavy atom. The lowest BCUT2D eigenvalue weighted by atomic mass is 10.2. The Labute approximate surface area is 116 Å². The Kier molecular flexibility index (Phi) is 6.53. The van der Waals surface area contributed by atoms with Crippen LogP contribution in [0.5, 0.6) is 0 Å². The number of hydrogen-bond donors (Lipinski definition) is 2. The minimum atomic E-state index is -0.258. The van der Waals surface area contributed by atoms with Gasteiger partial charge in [-0.25, -0.2) is 0 Å². The maximum Gasteiger partial charge on any atom is 0.0793 e. The number of nitrogens with zero attached hydrogens (tertiary/aromatic N) is 2. The van der Waals surface area contributed by atoms with E-state index in [0.717, 1.165) is 64.9 Å². The lowest BCUT2D eigenvalue weighted by molar-refractivity contribution is 0.0586. The summed E-state index contributed by atoms with van der Waals surface area (Å²) in [6.07, 6.45) is 2.44. The standard InChI is InChI=1S/C14H29N3O2/c1-16(8-9-19-12-13-2-3-13)10-14(18)11-17-6-4-15-5-7-17/h13-15,18H,2-12H2,1H3. The zero-order valence-corrected chi connectivity index (χ0v) is 12.2. The Balaban J connectivity index is 1.48. The van der Waals surface area contributed by atoms with E-state index in [1.807, 2.05) is 0 Å². The van der Waals surface area contributed by atoms with Crippen molar-refractivity contribution in [1.82, 2.24) is 15.1 Å². The first-order valence-corrected chi connectivity index (χ1v) is 7.61. The number of nitrogens with one attached hydrogen (secondary N) is 1. The molecule has 2 rings (SSSR count). The van der Waals surface area contributed by atoms with Gasteiger partial charge in [-0.2, -0.15) is 0 Å². The molecule has 0 radical (unpaired) electrons. The molecule has 0 spiro atoms. The topological polar surface area (TPSA) is 48.0 Å². The van der Waals surface area contributed by atoms with Crippen LogP contribution in [0.1, 0.15) is 12.8 Å². The van der Waals surface area contributed by atoms with Crippen LogP contribution in [0.2, 0.25) is 0 Å². The fourth-order valence-corrected chi connectivity index (χ4v) is 2.46. The van der Waals surface area contributed by atoms with Gasteiger partial charge in [0.1, 0.15) is 0 Å². The molecular weight excluding hydrogens is 242 g/mol. The second-order valence-electron chi connectivity index (χ2n) is 5.98. The second kappa shape index (κ2) is 8.17. The molecule has 0 bridgehead atoms. The molecule has 0 aromatic carbocycles. The van der Waals surface area contributed by atoms with E-state index in [-0.39, 0.29) is 6.10 Å². The molecular formula is C14H29N3O2. The highest BCUT2D eigenvalue weighted by Crippen LogP contribution is 2.28. The number of piperazine rings is 1. The number of likely N-dealkylation sites (N-methyl/N-ethyl adjacent to an activating group) is 1. The molecule has 0 amide bonds. The van der Waals surface area contributed by atoms with Gasteiger partial charge in [0, 0.05) is 52.4 Å². The van der Waals surface area contributed by atoms with E-state index in [1.165, 1.54) is 12.8 Å². The molecule has 1 saturated heterocycles. The quantitative estimate of drug-likeness (QED) is 0.560. The van der Waals surface area contributed by atoms with Gasteiger partial charge in [0.2, 0.25) is 0 Å². The van der Waals surface area contributed by atoms with Crippen molar-refractivity contribution in [2.75, 3.05) is 66.1 Å². The largest absolute Gasteiger partial charge is 0.390 e.